The number of rotatable bonds is 4. The first-order valence-corrected chi connectivity index (χ1v) is 13.3. The number of benzene rings is 1. The molecule has 0 aliphatic carbocycles. The Hall–Kier alpha value is -1.53. The van der Waals surface area contributed by atoms with Gasteiger partial charge in [0, 0.05) is 44.6 Å². The molecule has 3 saturated heterocycles. The van der Waals surface area contributed by atoms with Crippen molar-refractivity contribution in [1.29, 1.82) is 0 Å². The Morgan fingerprint density at radius 2 is 1.70 bits per heavy atom. The number of carbonyl (C=O) groups is 1. The predicted molar refractivity (Wildman–Crippen MR) is 110 cm³/mol. The van der Waals surface area contributed by atoms with Crippen LogP contribution in [-0.4, -0.2) is 82.5 Å². The summed E-state index contributed by atoms with van der Waals surface area (Å²) in [6.07, 6.45) is 1.17. The van der Waals surface area contributed by atoms with Gasteiger partial charge in [-0.15, -0.1) is 0 Å². The van der Waals surface area contributed by atoms with Gasteiger partial charge in [-0.05, 0) is 24.3 Å². The lowest BCUT2D eigenvalue weighted by Crippen LogP contribution is -2.53. The van der Waals surface area contributed by atoms with Crippen molar-refractivity contribution in [1.82, 2.24) is 4.90 Å². The van der Waals surface area contributed by atoms with Crippen molar-refractivity contribution in [2.45, 2.75) is 41.7 Å². The predicted octanol–water partition coefficient (Wildman–Crippen LogP) is 0.423. The van der Waals surface area contributed by atoms with Gasteiger partial charge in [0.05, 0.1) is 34.9 Å². The van der Waals surface area contributed by atoms with Gasteiger partial charge in [-0.1, -0.05) is 0 Å². The molecule has 1 aromatic carbocycles. The highest BCUT2D eigenvalue weighted by Crippen LogP contribution is 2.36. The Morgan fingerprint density at radius 1 is 1.10 bits per heavy atom. The molecule has 3 fully saturated rings. The third-order valence-electron chi connectivity index (χ3n) is 6.02. The number of nitrogens with one attached hydrogen (secondary N) is 1. The largest absolute Gasteiger partial charge is 0.347 e. The monoisotopic (exact) mass is 458 g/mol. The molecule has 0 radical (unpaired) electrons. The maximum Gasteiger partial charge on any atom is 0.221 e. The van der Waals surface area contributed by atoms with E-state index in [0.717, 1.165) is 0 Å². The first-order valence-electron chi connectivity index (χ1n) is 9.94. The zero-order valence-corrected chi connectivity index (χ0v) is 18.4. The SMILES string of the molecule is CC(=O)Nc1ccc(S(=O)(=O)[C@H]2CS(=O)(=O)C[C@@H]2N2CCC3(CC2)OCCO3)cc1. The van der Waals surface area contributed by atoms with Crippen LogP contribution in [0.4, 0.5) is 5.69 Å². The fraction of sp³-hybridized carbons (Fsp3) is 0.632. The maximum atomic E-state index is 13.3. The van der Waals surface area contributed by atoms with Crippen LogP contribution in [0, 0.1) is 0 Å². The Kier molecular flexibility index (Phi) is 5.69. The topological polar surface area (TPSA) is 119 Å². The highest BCUT2D eigenvalue weighted by molar-refractivity contribution is 7.96. The van der Waals surface area contributed by atoms with E-state index in [4.69, 9.17) is 9.47 Å². The second kappa shape index (κ2) is 7.86. The molecule has 0 saturated carbocycles. The van der Waals surface area contributed by atoms with Gasteiger partial charge < -0.3 is 14.8 Å². The number of amides is 1. The normalized spacial score (nSPS) is 28.6. The Morgan fingerprint density at radius 3 is 2.27 bits per heavy atom. The van der Waals surface area contributed by atoms with E-state index in [1.165, 1.54) is 31.2 Å². The van der Waals surface area contributed by atoms with E-state index in [9.17, 15) is 21.6 Å². The second-order valence-electron chi connectivity index (χ2n) is 8.08. The first-order chi connectivity index (χ1) is 14.1. The fourth-order valence-corrected chi connectivity index (χ4v) is 9.35. The standard InChI is InChI=1S/C19H26N2O7S2/c1-14(22)20-15-2-4-16(5-3-15)30(25,26)18-13-29(23,24)12-17(18)21-8-6-19(7-9-21)27-10-11-28-19/h2-5,17-18H,6-13H2,1H3,(H,20,22)/t17-,18-/m0/s1. The lowest BCUT2D eigenvalue weighted by Gasteiger charge is -2.41. The molecule has 30 heavy (non-hydrogen) atoms. The average molecular weight is 459 g/mol. The molecule has 0 aromatic heterocycles. The van der Waals surface area contributed by atoms with Gasteiger partial charge in [-0.2, -0.15) is 0 Å². The number of nitrogens with zero attached hydrogens (tertiary/aromatic N) is 1. The van der Waals surface area contributed by atoms with Crippen molar-refractivity contribution < 1.29 is 31.1 Å². The van der Waals surface area contributed by atoms with Crippen LogP contribution in [0.3, 0.4) is 0 Å². The highest BCUT2D eigenvalue weighted by atomic mass is 32.2. The van der Waals surface area contributed by atoms with Gasteiger partial charge in [0.25, 0.3) is 0 Å². The molecule has 11 heteroatoms. The number of hydrogen-bond acceptors (Lipinski definition) is 8. The zero-order valence-electron chi connectivity index (χ0n) is 16.7. The van der Waals surface area contributed by atoms with Crippen molar-refractivity contribution in [3.8, 4) is 0 Å². The Labute approximate surface area is 176 Å². The summed E-state index contributed by atoms with van der Waals surface area (Å²) < 4.78 is 62.9. The summed E-state index contributed by atoms with van der Waals surface area (Å²) in [6.45, 7) is 3.50. The fourth-order valence-electron chi connectivity index (χ4n) is 4.52. The molecular formula is C19H26N2O7S2. The smallest absolute Gasteiger partial charge is 0.221 e. The second-order valence-corrected chi connectivity index (χ2v) is 12.4. The zero-order chi connectivity index (χ0) is 21.6. The molecule has 4 rings (SSSR count). The Bertz CT molecular complexity index is 1010. The molecule has 1 amide bonds. The highest BCUT2D eigenvalue weighted by Gasteiger charge is 2.50. The van der Waals surface area contributed by atoms with Gasteiger partial charge >= 0.3 is 0 Å². The molecular weight excluding hydrogens is 432 g/mol. The summed E-state index contributed by atoms with van der Waals surface area (Å²) in [5.74, 6) is -1.43. The number of sulfone groups is 2. The minimum atomic E-state index is -3.88. The number of anilines is 1. The molecule has 0 unspecified atom stereocenters. The number of likely N-dealkylation sites (tertiary alicyclic amines) is 1. The summed E-state index contributed by atoms with van der Waals surface area (Å²) in [7, 11) is -7.35. The van der Waals surface area contributed by atoms with E-state index in [1.807, 2.05) is 4.90 Å². The molecule has 3 aliphatic rings. The van der Waals surface area contributed by atoms with Crippen LogP contribution in [0.25, 0.3) is 0 Å². The molecule has 1 spiro atoms. The van der Waals surface area contributed by atoms with Crippen LogP contribution in [0.15, 0.2) is 29.2 Å². The number of carbonyl (C=O) groups excluding carboxylic acids is 1. The number of hydrogen-bond donors (Lipinski definition) is 1. The van der Waals surface area contributed by atoms with Gasteiger partial charge in [-0.3, -0.25) is 9.69 Å². The molecule has 1 aromatic rings. The maximum absolute atomic E-state index is 13.3. The van der Waals surface area contributed by atoms with Crippen LogP contribution < -0.4 is 5.32 Å². The van der Waals surface area contributed by atoms with Crippen molar-refractivity contribution in [2.24, 2.45) is 0 Å². The van der Waals surface area contributed by atoms with Crippen molar-refractivity contribution in [2.75, 3.05) is 43.1 Å². The third-order valence-corrected chi connectivity index (χ3v) is 10.2. The minimum absolute atomic E-state index is 0.0552. The van der Waals surface area contributed by atoms with Gasteiger partial charge in [0.2, 0.25) is 5.91 Å². The summed E-state index contributed by atoms with van der Waals surface area (Å²) in [4.78, 5) is 13.2. The van der Waals surface area contributed by atoms with E-state index >= 15 is 0 Å². The summed E-state index contributed by atoms with van der Waals surface area (Å²) in [5.41, 5.74) is 0.481. The van der Waals surface area contributed by atoms with Crippen LogP contribution >= 0.6 is 0 Å². The van der Waals surface area contributed by atoms with Crippen LogP contribution in [0.1, 0.15) is 19.8 Å². The lowest BCUT2D eigenvalue weighted by molar-refractivity contribution is -0.187. The average Bonchev–Trinajstić information content (AvgIpc) is 3.27. The van der Waals surface area contributed by atoms with Crippen molar-refractivity contribution in [3.63, 3.8) is 0 Å². The summed E-state index contributed by atoms with van der Waals surface area (Å²) in [6, 6.07) is 5.23. The van der Waals surface area contributed by atoms with Crippen molar-refractivity contribution >= 4 is 31.3 Å². The van der Waals surface area contributed by atoms with Crippen LogP contribution in [0.2, 0.25) is 0 Å². The molecule has 166 valence electrons. The Balaban J connectivity index is 1.55. The van der Waals surface area contributed by atoms with E-state index in [0.29, 0.717) is 44.8 Å². The van der Waals surface area contributed by atoms with Gasteiger partial charge in [0.1, 0.15) is 0 Å². The summed E-state index contributed by atoms with van der Waals surface area (Å²) >= 11 is 0. The van der Waals surface area contributed by atoms with E-state index < -0.39 is 36.8 Å². The minimum Gasteiger partial charge on any atom is -0.347 e. The van der Waals surface area contributed by atoms with Gasteiger partial charge in [-0.25, -0.2) is 16.8 Å². The molecule has 2 atom stereocenters. The quantitative estimate of drug-likeness (QED) is 0.690. The number of piperidine rings is 1. The van der Waals surface area contributed by atoms with Crippen molar-refractivity contribution in [3.05, 3.63) is 24.3 Å². The van der Waals surface area contributed by atoms with Crippen LogP contribution in [0.5, 0.6) is 0 Å². The van der Waals surface area contributed by atoms with Crippen LogP contribution in [-0.2, 0) is 33.9 Å². The molecule has 1 N–H and O–H groups in total. The summed E-state index contributed by atoms with van der Waals surface area (Å²) in [5, 5.41) is 1.56. The molecule has 9 nitrogen and oxygen atoms in total. The number of ether oxygens (including phenoxy) is 2. The van der Waals surface area contributed by atoms with Gasteiger partial charge in [0.15, 0.2) is 25.5 Å². The molecule has 3 heterocycles. The van der Waals surface area contributed by atoms with E-state index in [1.54, 1.807) is 0 Å². The lowest BCUT2D eigenvalue weighted by atomic mass is 10.0. The first kappa shape index (κ1) is 21.7. The molecule has 3 aliphatic heterocycles. The van der Waals surface area contributed by atoms with E-state index in [-0.39, 0.29) is 22.3 Å². The molecule has 0 bridgehead atoms. The van der Waals surface area contributed by atoms with E-state index in [2.05, 4.69) is 5.32 Å². The third kappa shape index (κ3) is 4.26.